The summed E-state index contributed by atoms with van der Waals surface area (Å²) in [5, 5.41) is 0. The first-order chi connectivity index (χ1) is 9.88. The maximum atomic E-state index is 6.07. The fourth-order valence-electron chi connectivity index (χ4n) is 2.49. The van der Waals surface area contributed by atoms with Crippen LogP contribution in [0.4, 0.5) is 5.82 Å². The van der Waals surface area contributed by atoms with Gasteiger partial charge in [0.15, 0.2) is 5.82 Å². The molecule has 0 amide bonds. The van der Waals surface area contributed by atoms with Gasteiger partial charge in [-0.3, -0.25) is 4.90 Å². The van der Waals surface area contributed by atoms with Crippen LogP contribution >= 0.6 is 22.6 Å². The molecule has 0 spiro atoms. The number of hydrogen-bond acceptors (Lipinski definition) is 5. The van der Waals surface area contributed by atoms with E-state index >= 15 is 0 Å². The van der Waals surface area contributed by atoms with Gasteiger partial charge >= 0.3 is 0 Å². The molecule has 0 aliphatic carbocycles. The Labute approximate surface area is 140 Å². The van der Waals surface area contributed by atoms with Crippen molar-refractivity contribution in [1.82, 2.24) is 14.9 Å². The van der Waals surface area contributed by atoms with Gasteiger partial charge in [-0.25, -0.2) is 9.97 Å². The average molecular weight is 404 g/mol. The number of nitrogens with zero attached hydrogens (tertiary/aromatic N) is 3. The van der Waals surface area contributed by atoms with E-state index in [4.69, 9.17) is 15.5 Å². The lowest BCUT2D eigenvalue weighted by Gasteiger charge is -2.34. The van der Waals surface area contributed by atoms with Gasteiger partial charge in [-0.1, -0.05) is 13.8 Å². The van der Waals surface area contributed by atoms with Gasteiger partial charge in [0.2, 0.25) is 0 Å². The number of halogens is 1. The topological polar surface area (TPSA) is 64.3 Å². The second-order valence-electron chi connectivity index (χ2n) is 6.27. The normalized spacial score (nSPS) is 20.4. The Hall–Kier alpha value is -0.470. The third-order valence-corrected chi connectivity index (χ3v) is 4.86. The van der Waals surface area contributed by atoms with E-state index in [0.717, 1.165) is 41.2 Å². The maximum Gasteiger partial charge on any atom is 0.161 e. The molecular weight excluding hydrogens is 379 g/mol. The molecule has 21 heavy (non-hydrogen) atoms. The largest absolute Gasteiger partial charge is 0.383 e. The van der Waals surface area contributed by atoms with Crippen molar-refractivity contribution in [2.24, 2.45) is 5.92 Å². The van der Waals surface area contributed by atoms with Gasteiger partial charge in [-0.15, -0.1) is 0 Å². The predicted molar refractivity (Wildman–Crippen MR) is 93.1 cm³/mol. The molecular formula is C15H25IN4O. The Bertz CT molecular complexity index is 493. The monoisotopic (exact) mass is 404 g/mol. The number of hydrogen-bond donors (Lipinski definition) is 1. The molecule has 0 bridgehead atoms. The lowest BCUT2D eigenvalue weighted by Crippen LogP contribution is -2.42. The molecule has 6 heteroatoms. The first kappa shape index (κ1) is 16.9. The van der Waals surface area contributed by atoms with Crippen LogP contribution in [0.3, 0.4) is 0 Å². The molecule has 0 saturated carbocycles. The Morgan fingerprint density at radius 3 is 2.67 bits per heavy atom. The smallest absolute Gasteiger partial charge is 0.161 e. The molecule has 1 atom stereocenters. The van der Waals surface area contributed by atoms with Crippen molar-refractivity contribution in [1.29, 1.82) is 0 Å². The van der Waals surface area contributed by atoms with E-state index in [0.29, 0.717) is 17.8 Å². The molecule has 2 heterocycles. The van der Waals surface area contributed by atoms with Crippen LogP contribution in [0, 0.1) is 9.49 Å². The van der Waals surface area contributed by atoms with Gasteiger partial charge < -0.3 is 10.5 Å². The van der Waals surface area contributed by atoms with Gasteiger partial charge in [0.05, 0.1) is 15.9 Å². The first-order valence-electron chi connectivity index (χ1n) is 7.56. The highest BCUT2D eigenvalue weighted by Gasteiger charge is 2.27. The quantitative estimate of drug-likeness (QED) is 0.782. The molecule has 5 nitrogen and oxygen atoms in total. The van der Waals surface area contributed by atoms with E-state index in [9.17, 15) is 0 Å². The standard InChI is InChI=1S/C15H25IN4O/c1-9(2)7-11-13(16)14(17)19-15(18-11)12-8-20(10(3)4)5-6-21-12/h9-10,12H,5-8H2,1-4H3,(H2,17,18,19). The van der Waals surface area contributed by atoms with Crippen LogP contribution in [-0.2, 0) is 11.2 Å². The van der Waals surface area contributed by atoms with E-state index in [2.05, 4.69) is 60.2 Å². The van der Waals surface area contributed by atoms with Crippen LogP contribution in [0.2, 0.25) is 0 Å². The van der Waals surface area contributed by atoms with Crippen LogP contribution < -0.4 is 5.73 Å². The number of rotatable bonds is 4. The number of anilines is 1. The Morgan fingerprint density at radius 2 is 2.05 bits per heavy atom. The number of ether oxygens (including phenoxy) is 1. The summed E-state index contributed by atoms with van der Waals surface area (Å²) in [6.45, 7) is 11.3. The zero-order chi connectivity index (χ0) is 15.6. The van der Waals surface area contributed by atoms with Crippen LogP contribution in [-0.4, -0.2) is 40.6 Å². The first-order valence-corrected chi connectivity index (χ1v) is 8.63. The summed E-state index contributed by atoms with van der Waals surface area (Å²) in [5.41, 5.74) is 7.11. The molecule has 0 radical (unpaired) electrons. The minimum absolute atomic E-state index is 0.0774. The van der Waals surface area contributed by atoms with Crippen molar-refractivity contribution < 1.29 is 4.74 Å². The molecule has 118 valence electrons. The second-order valence-corrected chi connectivity index (χ2v) is 7.35. The fraction of sp³-hybridized carbons (Fsp3) is 0.733. The van der Waals surface area contributed by atoms with Crippen molar-refractivity contribution in [3.63, 3.8) is 0 Å². The van der Waals surface area contributed by atoms with Crippen LogP contribution in [0.25, 0.3) is 0 Å². The summed E-state index contributed by atoms with van der Waals surface area (Å²) in [6, 6.07) is 0.507. The van der Waals surface area contributed by atoms with Crippen molar-refractivity contribution in [2.75, 3.05) is 25.4 Å². The van der Waals surface area contributed by atoms with Crippen LogP contribution in [0.15, 0.2) is 0 Å². The van der Waals surface area contributed by atoms with E-state index in [-0.39, 0.29) is 6.10 Å². The molecule has 2 rings (SSSR count). The van der Waals surface area contributed by atoms with Crippen LogP contribution in [0.5, 0.6) is 0 Å². The van der Waals surface area contributed by atoms with E-state index < -0.39 is 0 Å². The van der Waals surface area contributed by atoms with Crippen molar-refractivity contribution >= 4 is 28.4 Å². The highest BCUT2D eigenvalue weighted by Crippen LogP contribution is 2.25. The molecule has 2 N–H and O–H groups in total. The minimum Gasteiger partial charge on any atom is -0.383 e. The van der Waals surface area contributed by atoms with Crippen molar-refractivity contribution in [2.45, 2.75) is 46.3 Å². The third kappa shape index (κ3) is 4.26. The predicted octanol–water partition coefficient (Wildman–Crippen LogP) is 2.64. The Balaban J connectivity index is 2.24. The van der Waals surface area contributed by atoms with E-state index in [1.54, 1.807) is 0 Å². The number of morpholine rings is 1. The second kappa shape index (κ2) is 7.19. The van der Waals surface area contributed by atoms with E-state index in [1.807, 2.05) is 0 Å². The molecule has 1 aliphatic rings. The molecule has 1 unspecified atom stereocenters. The molecule has 1 aliphatic heterocycles. The van der Waals surface area contributed by atoms with Crippen molar-refractivity contribution in [3.05, 3.63) is 15.1 Å². The minimum atomic E-state index is -0.0774. The number of nitrogens with two attached hydrogens (primary N) is 1. The molecule has 1 aromatic rings. The highest BCUT2D eigenvalue weighted by molar-refractivity contribution is 14.1. The zero-order valence-corrected chi connectivity index (χ0v) is 15.4. The summed E-state index contributed by atoms with van der Waals surface area (Å²) in [4.78, 5) is 11.6. The number of nitrogen functional groups attached to an aromatic ring is 1. The summed E-state index contributed by atoms with van der Waals surface area (Å²) in [5.74, 6) is 1.84. The fourth-order valence-corrected chi connectivity index (χ4v) is 2.95. The third-order valence-electron chi connectivity index (χ3n) is 3.68. The average Bonchev–Trinajstić information content (AvgIpc) is 2.43. The SMILES string of the molecule is CC(C)Cc1nc(C2CN(C(C)C)CCO2)nc(N)c1I. The molecule has 1 fully saturated rings. The summed E-state index contributed by atoms with van der Waals surface area (Å²) in [7, 11) is 0. The lowest BCUT2D eigenvalue weighted by atomic mass is 10.1. The lowest BCUT2D eigenvalue weighted by molar-refractivity contribution is -0.0443. The van der Waals surface area contributed by atoms with E-state index in [1.165, 1.54) is 0 Å². The summed E-state index contributed by atoms with van der Waals surface area (Å²) < 4.78 is 6.85. The van der Waals surface area contributed by atoms with Gasteiger partial charge in [-0.05, 0) is 48.8 Å². The zero-order valence-electron chi connectivity index (χ0n) is 13.3. The summed E-state index contributed by atoms with van der Waals surface area (Å²) in [6.07, 6.45) is 0.838. The summed E-state index contributed by atoms with van der Waals surface area (Å²) >= 11 is 2.24. The molecule has 1 aromatic heterocycles. The Kier molecular flexibility index (Phi) is 5.79. The highest BCUT2D eigenvalue weighted by atomic mass is 127. The number of aromatic nitrogens is 2. The molecule has 1 saturated heterocycles. The van der Waals surface area contributed by atoms with Gasteiger partial charge in [0, 0.05) is 19.1 Å². The van der Waals surface area contributed by atoms with Gasteiger partial charge in [0.1, 0.15) is 11.9 Å². The maximum absolute atomic E-state index is 6.07. The van der Waals surface area contributed by atoms with Crippen LogP contribution in [0.1, 0.15) is 45.3 Å². The van der Waals surface area contributed by atoms with Gasteiger partial charge in [0.25, 0.3) is 0 Å². The van der Waals surface area contributed by atoms with Gasteiger partial charge in [-0.2, -0.15) is 0 Å². The Morgan fingerprint density at radius 1 is 1.33 bits per heavy atom. The molecule has 0 aromatic carbocycles. The van der Waals surface area contributed by atoms with Crippen molar-refractivity contribution in [3.8, 4) is 0 Å².